The topological polar surface area (TPSA) is 66.5 Å². The van der Waals surface area contributed by atoms with Crippen LogP contribution in [0.4, 0.5) is 10.1 Å². The van der Waals surface area contributed by atoms with E-state index in [9.17, 15) is 17.6 Å². The summed E-state index contributed by atoms with van der Waals surface area (Å²) in [6.07, 6.45) is 1.05. The summed E-state index contributed by atoms with van der Waals surface area (Å²) in [4.78, 5) is 12.6. The molecule has 1 saturated heterocycles. The summed E-state index contributed by atoms with van der Waals surface area (Å²) in [7, 11) is -3.73. The molecule has 27 heavy (non-hydrogen) atoms. The Morgan fingerprint density at radius 1 is 1.15 bits per heavy atom. The predicted octanol–water partition coefficient (Wildman–Crippen LogP) is 4.17. The predicted molar refractivity (Wildman–Crippen MR) is 103 cm³/mol. The van der Waals surface area contributed by atoms with Crippen LogP contribution in [0.25, 0.3) is 0 Å². The van der Waals surface area contributed by atoms with Gasteiger partial charge >= 0.3 is 0 Å². The molecule has 0 saturated carbocycles. The maximum Gasteiger partial charge on any atom is 0.243 e. The summed E-state index contributed by atoms with van der Waals surface area (Å²) in [5, 5.41) is 2.85. The zero-order chi connectivity index (χ0) is 19.6. The number of nitrogens with zero attached hydrogens (tertiary/aromatic N) is 1. The molecule has 1 atom stereocenters. The molecule has 9 heteroatoms. The summed E-state index contributed by atoms with van der Waals surface area (Å²) in [6.45, 7) is 0.346. The number of benzene rings is 2. The molecule has 2 aromatic rings. The highest BCUT2D eigenvalue weighted by Crippen LogP contribution is 2.27. The highest BCUT2D eigenvalue weighted by Gasteiger charge is 2.33. The van der Waals surface area contributed by atoms with Gasteiger partial charge in [-0.2, -0.15) is 4.31 Å². The summed E-state index contributed by atoms with van der Waals surface area (Å²) in [6, 6.07) is 10.2. The van der Waals surface area contributed by atoms with Crippen LogP contribution in [0.2, 0.25) is 10.0 Å². The Morgan fingerprint density at radius 2 is 1.85 bits per heavy atom. The third-order valence-corrected chi connectivity index (χ3v) is 6.84. The van der Waals surface area contributed by atoms with Crippen molar-refractivity contribution in [3.8, 4) is 0 Å². The summed E-state index contributed by atoms with van der Waals surface area (Å²) < 4.78 is 40.9. The molecular formula is C18H17Cl2FN2O3S. The molecule has 0 radical (unpaired) electrons. The Morgan fingerprint density at radius 3 is 2.56 bits per heavy atom. The first-order valence-corrected chi connectivity index (χ1v) is 10.5. The van der Waals surface area contributed by atoms with Gasteiger partial charge in [-0.3, -0.25) is 4.79 Å². The first kappa shape index (κ1) is 20.1. The van der Waals surface area contributed by atoms with Gasteiger partial charge in [-0.05, 0) is 49.2 Å². The second-order valence-electron chi connectivity index (χ2n) is 6.25. The van der Waals surface area contributed by atoms with Crippen LogP contribution in [0.1, 0.15) is 12.8 Å². The molecule has 1 amide bonds. The lowest BCUT2D eigenvalue weighted by Gasteiger charge is -2.31. The van der Waals surface area contributed by atoms with Crippen LogP contribution in [-0.2, 0) is 14.8 Å². The standard InChI is InChI=1S/C18H17Cl2FN2O3S/c19-13-6-8-14(9-7-13)27(25,26)23-10-2-3-12(11-23)18(24)22-16-5-1-4-15(20)17(16)21/h1,4-9,12H,2-3,10-11H2,(H,22,24). The molecular weight excluding hydrogens is 414 g/mol. The van der Waals surface area contributed by atoms with Crippen LogP contribution in [0.15, 0.2) is 47.4 Å². The number of piperidine rings is 1. The number of anilines is 1. The molecule has 1 aliphatic heterocycles. The molecule has 0 aromatic heterocycles. The number of halogens is 3. The monoisotopic (exact) mass is 430 g/mol. The minimum absolute atomic E-state index is 0.0230. The fraction of sp³-hybridized carbons (Fsp3) is 0.278. The second kappa shape index (κ2) is 8.14. The average Bonchev–Trinajstić information content (AvgIpc) is 2.66. The normalized spacial score (nSPS) is 18.3. The first-order chi connectivity index (χ1) is 12.8. The molecule has 1 heterocycles. The number of carbonyl (C=O) groups excluding carboxylic acids is 1. The molecule has 3 rings (SSSR count). The van der Waals surface area contributed by atoms with Crippen molar-refractivity contribution in [2.45, 2.75) is 17.7 Å². The van der Waals surface area contributed by atoms with E-state index in [-0.39, 0.29) is 22.2 Å². The van der Waals surface area contributed by atoms with Crippen molar-refractivity contribution in [1.29, 1.82) is 0 Å². The molecule has 1 N–H and O–H groups in total. The van der Waals surface area contributed by atoms with Gasteiger partial charge < -0.3 is 5.32 Å². The Kier molecular flexibility index (Phi) is 6.05. The molecule has 144 valence electrons. The van der Waals surface area contributed by atoms with E-state index >= 15 is 0 Å². The van der Waals surface area contributed by atoms with Gasteiger partial charge in [-0.25, -0.2) is 12.8 Å². The average molecular weight is 431 g/mol. The Hall–Kier alpha value is -1.67. The summed E-state index contributed by atoms with van der Waals surface area (Å²) in [5.41, 5.74) is -0.0230. The van der Waals surface area contributed by atoms with E-state index in [0.717, 1.165) is 0 Å². The van der Waals surface area contributed by atoms with Gasteiger partial charge in [-0.1, -0.05) is 29.3 Å². The highest BCUT2D eigenvalue weighted by atomic mass is 35.5. The number of rotatable bonds is 4. The Labute approximate surface area is 167 Å². The lowest BCUT2D eigenvalue weighted by Crippen LogP contribution is -2.43. The largest absolute Gasteiger partial charge is 0.323 e. The van der Waals surface area contributed by atoms with Crippen LogP contribution < -0.4 is 5.32 Å². The number of sulfonamides is 1. The summed E-state index contributed by atoms with van der Waals surface area (Å²) >= 11 is 11.5. The third-order valence-electron chi connectivity index (χ3n) is 4.42. The molecule has 1 fully saturated rings. The van der Waals surface area contributed by atoms with E-state index in [0.29, 0.717) is 24.4 Å². The summed E-state index contributed by atoms with van der Waals surface area (Å²) in [5.74, 6) is -1.74. The van der Waals surface area contributed by atoms with Crippen LogP contribution in [0.5, 0.6) is 0 Å². The van der Waals surface area contributed by atoms with Crippen LogP contribution in [-0.4, -0.2) is 31.7 Å². The molecule has 0 aliphatic carbocycles. The smallest absolute Gasteiger partial charge is 0.243 e. The lowest BCUT2D eigenvalue weighted by atomic mass is 9.98. The van der Waals surface area contributed by atoms with Crippen molar-refractivity contribution in [3.63, 3.8) is 0 Å². The van der Waals surface area contributed by atoms with E-state index in [1.165, 1.54) is 46.8 Å². The van der Waals surface area contributed by atoms with E-state index in [4.69, 9.17) is 23.2 Å². The zero-order valence-electron chi connectivity index (χ0n) is 14.2. The van der Waals surface area contributed by atoms with Gasteiger partial charge in [0.2, 0.25) is 15.9 Å². The lowest BCUT2D eigenvalue weighted by molar-refractivity contribution is -0.120. The number of nitrogens with one attached hydrogen (secondary N) is 1. The SMILES string of the molecule is O=C(Nc1cccc(Cl)c1F)C1CCCN(S(=O)(=O)c2ccc(Cl)cc2)C1. The van der Waals surface area contributed by atoms with Gasteiger partial charge in [0.1, 0.15) is 0 Å². The van der Waals surface area contributed by atoms with Crippen LogP contribution in [0.3, 0.4) is 0 Å². The van der Waals surface area contributed by atoms with Crippen molar-refractivity contribution >= 4 is 44.8 Å². The quantitative estimate of drug-likeness (QED) is 0.790. The fourth-order valence-electron chi connectivity index (χ4n) is 2.97. The third kappa shape index (κ3) is 4.43. The van der Waals surface area contributed by atoms with Crippen molar-refractivity contribution < 1.29 is 17.6 Å². The van der Waals surface area contributed by atoms with Crippen LogP contribution in [0, 0.1) is 11.7 Å². The molecule has 0 bridgehead atoms. The molecule has 1 unspecified atom stereocenters. The maximum atomic E-state index is 14.0. The van der Waals surface area contributed by atoms with Crippen molar-refractivity contribution in [2.24, 2.45) is 5.92 Å². The van der Waals surface area contributed by atoms with Gasteiger partial charge in [-0.15, -0.1) is 0 Å². The van der Waals surface area contributed by atoms with E-state index < -0.39 is 27.7 Å². The highest BCUT2D eigenvalue weighted by molar-refractivity contribution is 7.89. The van der Waals surface area contributed by atoms with E-state index in [1.807, 2.05) is 0 Å². The van der Waals surface area contributed by atoms with Gasteiger partial charge in [0, 0.05) is 18.1 Å². The minimum atomic E-state index is -3.73. The van der Waals surface area contributed by atoms with Gasteiger partial charge in [0.25, 0.3) is 0 Å². The first-order valence-electron chi connectivity index (χ1n) is 8.29. The molecule has 0 spiro atoms. The second-order valence-corrected chi connectivity index (χ2v) is 9.03. The number of hydrogen-bond donors (Lipinski definition) is 1. The van der Waals surface area contributed by atoms with E-state index in [2.05, 4.69) is 5.32 Å². The van der Waals surface area contributed by atoms with Crippen molar-refractivity contribution in [3.05, 3.63) is 58.3 Å². The maximum absolute atomic E-state index is 14.0. The minimum Gasteiger partial charge on any atom is -0.323 e. The molecule has 2 aromatic carbocycles. The van der Waals surface area contributed by atoms with Crippen molar-refractivity contribution in [2.75, 3.05) is 18.4 Å². The van der Waals surface area contributed by atoms with E-state index in [1.54, 1.807) is 0 Å². The van der Waals surface area contributed by atoms with Gasteiger partial charge in [0.15, 0.2) is 5.82 Å². The Bertz CT molecular complexity index is 952. The molecule has 1 aliphatic rings. The molecule has 5 nitrogen and oxygen atoms in total. The fourth-order valence-corrected chi connectivity index (χ4v) is 4.79. The number of hydrogen-bond acceptors (Lipinski definition) is 3. The van der Waals surface area contributed by atoms with Crippen molar-refractivity contribution in [1.82, 2.24) is 4.31 Å². The number of amides is 1. The van der Waals surface area contributed by atoms with Crippen LogP contribution >= 0.6 is 23.2 Å². The number of carbonyl (C=O) groups is 1. The van der Waals surface area contributed by atoms with Gasteiger partial charge in [0.05, 0.1) is 21.5 Å². The zero-order valence-corrected chi connectivity index (χ0v) is 16.5. The Balaban J connectivity index is 1.74.